The van der Waals surface area contributed by atoms with Crippen LogP contribution in [0.4, 0.5) is 0 Å². The van der Waals surface area contributed by atoms with Gasteiger partial charge >= 0.3 is 5.97 Å². The third-order valence-corrected chi connectivity index (χ3v) is 6.36. The number of carbonyl (C=O) groups is 2. The number of rotatable bonds is 4. The van der Waals surface area contributed by atoms with Gasteiger partial charge in [0.15, 0.2) is 12.2 Å². The second kappa shape index (κ2) is 5.59. The second-order valence-corrected chi connectivity index (χ2v) is 7.27. The molecule has 1 aliphatic carbocycles. The smallest absolute Gasteiger partial charge is 0.340 e. The fourth-order valence-corrected chi connectivity index (χ4v) is 5.10. The zero-order valence-corrected chi connectivity index (χ0v) is 14.1. The Morgan fingerprint density at radius 2 is 2.00 bits per heavy atom. The largest absolute Gasteiger partial charge is 0.450 e. The van der Waals surface area contributed by atoms with Crippen molar-refractivity contribution in [2.24, 2.45) is 11.8 Å². The summed E-state index contributed by atoms with van der Waals surface area (Å²) in [6, 6.07) is 9.26. The molecule has 3 fully saturated rings. The summed E-state index contributed by atoms with van der Waals surface area (Å²) in [7, 11) is 1.49. The normalized spacial score (nSPS) is 35.2. The molecule has 2 saturated heterocycles. The van der Waals surface area contributed by atoms with E-state index in [2.05, 4.69) is 6.92 Å². The van der Waals surface area contributed by atoms with Crippen LogP contribution in [-0.2, 0) is 19.1 Å². The highest BCUT2D eigenvalue weighted by atomic mass is 16.6. The van der Waals surface area contributed by atoms with Crippen LogP contribution in [0.1, 0.15) is 37.9 Å². The van der Waals surface area contributed by atoms with Crippen molar-refractivity contribution in [1.82, 2.24) is 4.90 Å². The Morgan fingerprint density at radius 3 is 2.71 bits per heavy atom. The van der Waals surface area contributed by atoms with Gasteiger partial charge in [0.2, 0.25) is 0 Å². The lowest BCUT2D eigenvalue weighted by molar-refractivity contribution is -0.167. The van der Waals surface area contributed by atoms with Crippen LogP contribution in [0.3, 0.4) is 0 Å². The summed E-state index contributed by atoms with van der Waals surface area (Å²) < 4.78 is 11.1. The van der Waals surface area contributed by atoms with E-state index >= 15 is 0 Å². The van der Waals surface area contributed by atoms with Gasteiger partial charge in [0, 0.05) is 25.1 Å². The summed E-state index contributed by atoms with van der Waals surface area (Å²) in [5.74, 6) is 0.147. The molecule has 2 heterocycles. The van der Waals surface area contributed by atoms with Crippen LogP contribution in [0, 0.1) is 11.8 Å². The number of carbonyl (C=O) groups excluding carboxylic acids is 2. The first-order valence-corrected chi connectivity index (χ1v) is 8.67. The van der Waals surface area contributed by atoms with Crippen LogP contribution in [0.5, 0.6) is 0 Å². The summed E-state index contributed by atoms with van der Waals surface area (Å²) in [6.07, 6.45) is 1.69. The molecule has 5 heteroatoms. The highest BCUT2D eigenvalue weighted by Crippen LogP contribution is 2.56. The number of nitrogens with zero attached hydrogens (tertiary/aromatic N) is 1. The van der Waals surface area contributed by atoms with E-state index in [0.29, 0.717) is 5.92 Å². The van der Waals surface area contributed by atoms with Gasteiger partial charge in [-0.3, -0.25) is 4.79 Å². The van der Waals surface area contributed by atoms with Crippen LogP contribution < -0.4 is 0 Å². The van der Waals surface area contributed by atoms with Crippen molar-refractivity contribution < 1.29 is 19.1 Å². The molecule has 2 aliphatic heterocycles. The summed E-state index contributed by atoms with van der Waals surface area (Å²) in [6.45, 7) is 2.95. The van der Waals surface area contributed by atoms with Gasteiger partial charge in [0.1, 0.15) is 0 Å². The fourth-order valence-electron chi connectivity index (χ4n) is 5.10. The third-order valence-electron chi connectivity index (χ3n) is 6.36. The minimum Gasteiger partial charge on any atom is -0.450 e. The predicted octanol–water partition coefficient (Wildman–Crippen LogP) is 2.32. The predicted molar refractivity (Wildman–Crippen MR) is 87.0 cm³/mol. The van der Waals surface area contributed by atoms with Gasteiger partial charge in [0.25, 0.3) is 5.91 Å². The number of methoxy groups -OCH3 is 1. The molecule has 3 aliphatic rings. The van der Waals surface area contributed by atoms with E-state index in [-0.39, 0.29) is 17.4 Å². The maximum absolute atomic E-state index is 12.8. The van der Waals surface area contributed by atoms with Gasteiger partial charge in [-0.05, 0) is 37.7 Å². The van der Waals surface area contributed by atoms with Gasteiger partial charge in [-0.25, -0.2) is 4.79 Å². The maximum atomic E-state index is 12.8. The van der Waals surface area contributed by atoms with Gasteiger partial charge in [-0.1, -0.05) is 30.3 Å². The molecule has 0 bridgehead atoms. The first kappa shape index (κ1) is 15.6. The first-order chi connectivity index (χ1) is 11.6. The Labute approximate surface area is 141 Å². The standard InChI is InChI=1S/C19H23NO4/c1-19-13-8-9-14(19)16(17(21)20(19)11-10-13)24-18(22)15(23-2)12-6-4-3-5-7-12/h3-7,13-16H,8-11H2,1-2H3/t13-,14+,15-,16-,19+/m0/s1. The second-order valence-electron chi connectivity index (χ2n) is 7.27. The van der Waals surface area contributed by atoms with Crippen molar-refractivity contribution in [2.45, 2.75) is 43.9 Å². The zero-order chi connectivity index (χ0) is 16.9. The van der Waals surface area contributed by atoms with E-state index in [1.54, 1.807) is 0 Å². The van der Waals surface area contributed by atoms with E-state index in [1.165, 1.54) is 7.11 Å². The zero-order valence-electron chi connectivity index (χ0n) is 14.1. The summed E-state index contributed by atoms with van der Waals surface area (Å²) in [5, 5.41) is 0. The van der Waals surface area contributed by atoms with E-state index < -0.39 is 18.2 Å². The number of hydrogen-bond donors (Lipinski definition) is 0. The van der Waals surface area contributed by atoms with Gasteiger partial charge in [0.05, 0.1) is 0 Å². The van der Waals surface area contributed by atoms with E-state index in [1.807, 2.05) is 35.2 Å². The van der Waals surface area contributed by atoms with E-state index in [9.17, 15) is 9.59 Å². The Bertz CT molecular complexity index is 661. The Hall–Kier alpha value is -1.88. The monoisotopic (exact) mass is 329 g/mol. The average molecular weight is 329 g/mol. The Balaban J connectivity index is 1.55. The van der Waals surface area contributed by atoms with Crippen LogP contribution >= 0.6 is 0 Å². The molecule has 24 heavy (non-hydrogen) atoms. The van der Waals surface area contributed by atoms with Crippen molar-refractivity contribution in [1.29, 1.82) is 0 Å². The van der Waals surface area contributed by atoms with Gasteiger partial charge in [-0.15, -0.1) is 0 Å². The lowest BCUT2D eigenvalue weighted by Gasteiger charge is -2.31. The van der Waals surface area contributed by atoms with E-state index in [0.717, 1.165) is 31.4 Å². The molecule has 5 nitrogen and oxygen atoms in total. The fraction of sp³-hybridized carbons (Fsp3) is 0.579. The molecule has 0 N–H and O–H groups in total. The summed E-state index contributed by atoms with van der Waals surface area (Å²) in [5.41, 5.74) is 0.614. The molecule has 0 aromatic heterocycles. The van der Waals surface area contributed by atoms with Crippen LogP contribution in [0.25, 0.3) is 0 Å². The van der Waals surface area contributed by atoms with Crippen molar-refractivity contribution in [3.05, 3.63) is 35.9 Å². The molecule has 1 aromatic rings. The quantitative estimate of drug-likeness (QED) is 0.796. The van der Waals surface area contributed by atoms with Crippen LogP contribution in [0.15, 0.2) is 30.3 Å². The topological polar surface area (TPSA) is 55.8 Å². The number of esters is 1. The minimum atomic E-state index is -0.792. The van der Waals surface area contributed by atoms with Crippen molar-refractivity contribution in [2.75, 3.05) is 13.7 Å². The number of hydrogen-bond acceptors (Lipinski definition) is 4. The number of ether oxygens (including phenoxy) is 2. The Kier molecular flexibility index (Phi) is 3.64. The first-order valence-electron chi connectivity index (χ1n) is 8.67. The molecule has 5 atom stereocenters. The Morgan fingerprint density at radius 1 is 1.25 bits per heavy atom. The molecule has 0 spiro atoms. The van der Waals surface area contributed by atoms with Gasteiger partial charge < -0.3 is 14.4 Å². The third kappa shape index (κ3) is 2.04. The highest BCUT2D eigenvalue weighted by molar-refractivity contribution is 5.89. The summed E-state index contributed by atoms with van der Waals surface area (Å²) in [4.78, 5) is 27.4. The van der Waals surface area contributed by atoms with E-state index in [4.69, 9.17) is 9.47 Å². The average Bonchev–Trinajstić information content (AvgIpc) is 3.15. The number of benzene rings is 1. The van der Waals surface area contributed by atoms with Crippen LogP contribution in [-0.4, -0.2) is 42.1 Å². The SMILES string of the molecule is CO[C@H](C(=O)O[C@@H]1C(=O)N2CC[C@@H]3CC[C@H]1[C@@]32C)c1ccccc1. The van der Waals surface area contributed by atoms with Gasteiger partial charge in [-0.2, -0.15) is 0 Å². The maximum Gasteiger partial charge on any atom is 0.340 e. The molecular weight excluding hydrogens is 306 g/mol. The molecular formula is C19H23NO4. The minimum absolute atomic E-state index is 0.0269. The van der Waals surface area contributed by atoms with Crippen molar-refractivity contribution >= 4 is 11.9 Å². The summed E-state index contributed by atoms with van der Waals surface area (Å²) >= 11 is 0. The molecule has 1 amide bonds. The highest BCUT2D eigenvalue weighted by Gasteiger charge is 2.66. The lowest BCUT2D eigenvalue weighted by atomic mass is 9.84. The molecule has 4 rings (SSSR count). The van der Waals surface area contributed by atoms with Crippen molar-refractivity contribution in [3.63, 3.8) is 0 Å². The van der Waals surface area contributed by atoms with Crippen molar-refractivity contribution in [3.8, 4) is 0 Å². The molecule has 1 saturated carbocycles. The molecule has 0 radical (unpaired) electrons. The number of amides is 1. The lowest BCUT2D eigenvalue weighted by Crippen LogP contribution is -2.42. The van der Waals surface area contributed by atoms with Crippen LogP contribution in [0.2, 0.25) is 0 Å². The molecule has 0 unspecified atom stereocenters. The molecule has 128 valence electrons. The molecule has 1 aromatic carbocycles.